The fraction of sp³-hybridized carbons (Fsp3) is 0.100. The summed E-state index contributed by atoms with van der Waals surface area (Å²) >= 11 is 0. The van der Waals surface area contributed by atoms with E-state index in [1.165, 1.54) is 0 Å². The largest absolute Gasteiger partial charge is 0.476 e. The predicted molar refractivity (Wildman–Crippen MR) is 97.3 cm³/mol. The molecular formula is C20H19N3O3. The number of para-hydroxylation sites is 1. The van der Waals surface area contributed by atoms with Gasteiger partial charge in [-0.05, 0) is 24.3 Å². The zero-order valence-electron chi connectivity index (χ0n) is 14.3. The molecule has 2 amide bonds. The van der Waals surface area contributed by atoms with Crippen LogP contribution in [0.3, 0.4) is 0 Å². The molecule has 3 aromatic rings. The number of hydrogen-bond donors (Lipinski definition) is 2. The van der Waals surface area contributed by atoms with Crippen molar-refractivity contribution >= 4 is 11.8 Å². The molecule has 1 atom stereocenters. The number of aryl methyl sites for hydroxylation is 1. The van der Waals surface area contributed by atoms with Crippen molar-refractivity contribution in [3.8, 4) is 5.75 Å². The number of nitrogens with one attached hydrogen (secondary N) is 2. The minimum absolute atomic E-state index is 0.405. The van der Waals surface area contributed by atoms with Crippen LogP contribution in [-0.2, 0) is 11.8 Å². The summed E-state index contributed by atoms with van der Waals surface area (Å²) in [6, 6.07) is 21.6. The van der Waals surface area contributed by atoms with Crippen molar-refractivity contribution in [1.29, 1.82) is 0 Å². The monoisotopic (exact) mass is 349 g/mol. The molecule has 0 bridgehead atoms. The van der Waals surface area contributed by atoms with Gasteiger partial charge in [-0.25, -0.2) is 0 Å². The predicted octanol–water partition coefficient (Wildman–Crippen LogP) is 2.61. The van der Waals surface area contributed by atoms with Crippen LogP contribution in [0.4, 0.5) is 0 Å². The van der Waals surface area contributed by atoms with Crippen molar-refractivity contribution in [2.45, 2.75) is 6.10 Å². The Morgan fingerprint density at radius 3 is 2.15 bits per heavy atom. The van der Waals surface area contributed by atoms with E-state index in [1.54, 1.807) is 54.2 Å². The maximum Gasteiger partial charge on any atom is 0.286 e. The van der Waals surface area contributed by atoms with Gasteiger partial charge in [0.05, 0.1) is 0 Å². The molecule has 0 aliphatic heterocycles. The van der Waals surface area contributed by atoms with Gasteiger partial charge in [0.15, 0.2) is 0 Å². The zero-order valence-corrected chi connectivity index (χ0v) is 14.3. The molecule has 0 spiro atoms. The number of ether oxygens (including phenoxy) is 1. The summed E-state index contributed by atoms with van der Waals surface area (Å²) in [5.41, 5.74) is 5.98. The SMILES string of the molecule is Cn1cccc1C(=O)NNC(=O)C(Oc1ccccc1)c1ccccc1. The van der Waals surface area contributed by atoms with E-state index in [-0.39, 0.29) is 0 Å². The Hall–Kier alpha value is -3.54. The highest BCUT2D eigenvalue weighted by Gasteiger charge is 2.23. The summed E-state index contributed by atoms with van der Waals surface area (Å²) in [5, 5.41) is 0. The van der Waals surface area contributed by atoms with Gasteiger partial charge in [-0.1, -0.05) is 48.5 Å². The van der Waals surface area contributed by atoms with Crippen LogP contribution < -0.4 is 15.6 Å². The smallest absolute Gasteiger partial charge is 0.286 e. The van der Waals surface area contributed by atoms with Crippen molar-refractivity contribution in [1.82, 2.24) is 15.4 Å². The van der Waals surface area contributed by atoms with Crippen molar-refractivity contribution in [3.05, 3.63) is 90.3 Å². The van der Waals surface area contributed by atoms with Gasteiger partial charge in [-0.15, -0.1) is 0 Å². The third-order valence-corrected chi connectivity index (χ3v) is 3.81. The lowest BCUT2D eigenvalue weighted by Gasteiger charge is -2.19. The van der Waals surface area contributed by atoms with E-state index in [0.717, 1.165) is 0 Å². The number of carbonyl (C=O) groups excluding carboxylic acids is 2. The summed E-state index contributed by atoms with van der Waals surface area (Å²) in [6.07, 6.45) is 0.856. The topological polar surface area (TPSA) is 72.4 Å². The van der Waals surface area contributed by atoms with Crippen molar-refractivity contribution < 1.29 is 14.3 Å². The Balaban J connectivity index is 1.72. The van der Waals surface area contributed by atoms with Crippen LogP contribution in [0.25, 0.3) is 0 Å². The maximum absolute atomic E-state index is 12.6. The van der Waals surface area contributed by atoms with Crippen LogP contribution >= 0.6 is 0 Å². The summed E-state index contributed by atoms with van der Waals surface area (Å²) < 4.78 is 7.50. The Morgan fingerprint density at radius 2 is 1.54 bits per heavy atom. The van der Waals surface area contributed by atoms with Gasteiger partial charge >= 0.3 is 0 Å². The minimum Gasteiger partial charge on any atom is -0.476 e. The molecule has 26 heavy (non-hydrogen) atoms. The van der Waals surface area contributed by atoms with Gasteiger partial charge in [-0.3, -0.25) is 20.4 Å². The van der Waals surface area contributed by atoms with Crippen molar-refractivity contribution in [2.24, 2.45) is 7.05 Å². The van der Waals surface area contributed by atoms with Crippen LogP contribution in [0.5, 0.6) is 5.75 Å². The van der Waals surface area contributed by atoms with E-state index in [9.17, 15) is 9.59 Å². The molecule has 1 aromatic heterocycles. The molecule has 1 unspecified atom stereocenters. The quantitative estimate of drug-likeness (QED) is 0.696. The number of nitrogens with zero attached hydrogens (tertiary/aromatic N) is 1. The highest BCUT2D eigenvalue weighted by molar-refractivity contribution is 5.94. The number of benzene rings is 2. The highest BCUT2D eigenvalue weighted by Crippen LogP contribution is 2.21. The molecule has 0 aliphatic carbocycles. The lowest BCUT2D eigenvalue weighted by atomic mass is 10.1. The van der Waals surface area contributed by atoms with Gasteiger partial charge in [0.2, 0.25) is 6.10 Å². The number of rotatable bonds is 5. The van der Waals surface area contributed by atoms with Gasteiger partial charge in [0, 0.05) is 18.8 Å². The fourth-order valence-electron chi connectivity index (χ4n) is 2.48. The minimum atomic E-state index is -0.896. The average molecular weight is 349 g/mol. The molecule has 0 fully saturated rings. The number of carbonyl (C=O) groups is 2. The molecule has 0 saturated heterocycles. The van der Waals surface area contributed by atoms with Crippen molar-refractivity contribution in [2.75, 3.05) is 0 Å². The molecule has 132 valence electrons. The third-order valence-electron chi connectivity index (χ3n) is 3.81. The van der Waals surface area contributed by atoms with E-state index in [0.29, 0.717) is 17.0 Å². The first-order valence-electron chi connectivity index (χ1n) is 8.13. The van der Waals surface area contributed by atoms with E-state index in [1.807, 2.05) is 36.4 Å². The van der Waals surface area contributed by atoms with Crippen LogP contribution in [0, 0.1) is 0 Å². The Kier molecular flexibility index (Phi) is 5.34. The summed E-state index contributed by atoms with van der Waals surface area (Å²) in [4.78, 5) is 24.8. The molecule has 1 heterocycles. The second kappa shape index (κ2) is 8.02. The molecular weight excluding hydrogens is 330 g/mol. The number of amides is 2. The summed E-state index contributed by atoms with van der Waals surface area (Å²) in [5.74, 6) is -0.315. The van der Waals surface area contributed by atoms with Gasteiger partial charge < -0.3 is 9.30 Å². The number of hydrazine groups is 1. The van der Waals surface area contributed by atoms with Crippen LogP contribution in [0.15, 0.2) is 79.0 Å². The van der Waals surface area contributed by atoms with E-state index in [2.05, 4.69) is 10.9 Å². The highest BCUT2D eigenvalue weighted by atomic mass is 16.5. The van der Waals surface area contributed by atoms with E-state index in [4.69, 9.17) is 4.74 Å². The second-order valence-corrected chi connectivity index (χ2v) is 5.67. The normalized spacial score (nSPS) is 11.4. The lowest BCUT2D eigenvalue weighted by molar-refractivity contribution is -0.129. The standard InChI is InChI=1S/C20H19N3O3/c1-23-14-8-13-17(23)19(24)21-22-20(25)18(15-9-4-2-5-10-15)26-16-11-6-3-7-12-16/h2-14,18H,1H3,(H,21,24)(H,22,25). The van der Waals surface area contributed by atoms with E-state index < -0.39 is 17.9 Å². The first-order chi connectivity index (χ1) is 12.6. The number of hydrogen-bond acceptors (Lipinski definition) is 3. The Morgan fingerprint density at radius 1 is 0.885 bits per heavy atom. The molecule has 6 nitrogen and oxygen atoms in total. The Labute approximate surface area is 151 Å². The van der Waals surface area contributed by atoms with Crippen LogP contribution in [0.1, 0.15) is 22.2 Å². The molecule has 0 saturated carbocycles. The third kappa shape index (κ3) is 4.10. The Bertz CT molecular complexity index is 876. The van der Waals surface area contributed by atoms with Crippen LogP contribution in [-0.4, -0.2) is 16.4 Å². The maximum atomic E-state index is 12.6. The average Bonchev–Trinajstić information content (AvgIpc) is 3.11. The summed E-state index contributed by atoms with van der Waals surface area (Å²) in [7, 11) is 1.75. The van der Waals surface area contributed by atoms with Gasteiger partial charge in [-0.2, -0.15) is 0 Å². The molecule has 0 aliphatic rings. The molecule has 2 aromatic carbocycles. The number of aromatic nitrogens is 1. The summed E-state index contributed by atoms with van der Waals surface area (Å²) in [6.45, 7) is 0. The lowest BCUT2D eigenvalue weighted by Crippen LogP contribution is -2.45. The van der Waals surface area contributed by atoms with Crippen molar-refractivity contribution in [3.63, 3.8) is 0 Å². The second-order valence-electron chi connectivity index (χ2n) is 5.67. The van der Waals surface area contributed by atoms with Gasteiger partial charge in [0.1, 0.15) is 11.4 Å². The fourth-order valence-corrected chi connectivity index (χ4v) is 2.48. The van der Waals surface area contributed by atoms with Crippen LogP contribution in [0.2, 0.25) is 0 Å². The molecule has 2 N–H and O–H groups in total. The molecule has 0 radical (unpaired) electrons. The molecule has 3 rings (SSSR count). The zero-order chi connectivity index (χ0) is 18.4. The first-order valence-corrected chi connectivity index (χ1v) is 8.13. The van der Waals surface area contributed by atoms with E-state index >= 15 is 0 Å². The molecule has 6 heteroatoms. The van der Waals surface area contributed by atoms with Gasteiger partial charge in [0.25, 0.3) is 11.8 Å². The first kappa shape index (κ1) is 17.3.